The third kappa shape index (κ3) is 5.13. The van der Waals surface area contributed by atoms with E-state index in [0.717, 1.165) is 34.2 Å². The van der Waals surface area contributed by atoms with Gasteiger partial charge in [-0.05, 0) is 44.0 Å². The van der Waals surface area contributed by atoms with Crippen LogP contribution in [-0.4, -0.2) is 26.4 Å². The zero-order valence-corrected chi connectivity index (χ0v) is 18.8. The molecule has 1 amide bonds. The number of aromatic nitrogens is 3. The van der Waals surface area contributed by atoms with Gasteiger partial charge in [0.15, 0.2) is 11.0 Å². The van der Waals surface area contributed by atoms with E-state index in [4.69, 9.17) is 23.2 Å². The average Bonchev–Trinajstić information content (AvgIpc) is 3.09. The topological polar surface area (TPSA) is 59.8 Å². The van der Waals surface area contributed by atoms with E-state index in [0.29, 0.717) is 10.0 Å². The van der Waals surface area contributed by atoms with Crippen LogP contribution in [0.15, 0.2) is 47.6 Å². The molecule has 3 aromatic rings. The quantitative estimate of drug-likeness (QED) is 0.481. The van der Waals surface area contributed by atoms with Gasteiger partial charge in [-0.15, -0.1) is 10.2 Å². The van der Waals surface area contributed by atoms with Gasteiger partial charge in [0.25, 0.3) is 0 Å². The highest BCUT2D eigenvalue weighted by Crippen LogP contribution is 2.28. The minimum Gasteiger partial charge on any atom is -0.349 e. The fourth-order valence-corrected chi connectivity index (χ4v) is 4.43. The Hall–Kier alpha value is -2.02. The molecule has 0 saturated heterocycles. The van der Waals surface area contributed by atoms with E-state index in [2.05, 4.69) is 15.5 Å². The van der Waals surface area contributed by atoms with E-state index in [1.807, 2.05) is 55.7 Å². The second kappa shape index (κ2) is 9.65. The van der Waals surface area contributed by atoms with Crippen LogP contribution in [0.1, 0.15) is 31.0 Å². The smallest absolute Gasteiger partial charge is 0.230 e. The van der Waals surface area contributed by atoms with E-state index < -0.39 is 0 Å². The average molecular weight is 449 g/mol. The maximum Gasteiger partial charge on any atom is 0.230 e. The molecule has 1 unspecified atom stereocenters. The fourth-order valence-electron chi connectivity index (χ4n) is 3.05. The molecule has 0 fully saturated rings. The second-order valence-electron chi connectivity index (χ2n) is 6.61. The number of carbonyl (C=O) groups is 1. The van der Waals surface area contributed by atoms with Gasteiger partial charge in [-0.1, -0.05) is 65.3 Å². The monoisotopic (exact) mass is 448 g/mol. The van der Waals surface area contributed by atoms with E-state index in [9.17, 15) is 4.79 Å². The van der Waals surface area contributed by atoms with Gasteiger partial charge in [0, 0.05) is 22.2 Å². The van der Waals surface area contributed by atoms with Gasteiger partial charge in [-0.25, -0.2) is 0 Å². The Morgan fingerprint density at radius 3 is 2.66 bits per heavy atom. The summed E-state index contributed by atoms with van der Waals surface area (Å²) < 4.78 is 2.03. The van der Waals surface area contributed by atoms with Gasteiger partial charge in [0.2, 0.25) is 5.91 Å². The minimum absolute atomic E-state index is 0.100. The standard InChI is InChI=1S/C21H22Cl2N4OS/c1-4-27-20(16-8-6-5-7-13(16)2)25-26-21(27)29-12-19(28)24-14(3)17-10-9-15(22)11-18(17)23/h5-11,14H,4,12H2,1-3H3,(H,24,28). The minimum atomic E-state index is -0.223. The summed E-state index contributed by atoms with van der Waals surface area (Å²) in [5.41, 5.74) is 3.01. The molecule has 29 heavy (non-hydrogen) atoms. The zero-order chi connectivity index (χ0) is 21.0. The largest absolute Gasteiger partial charge is 0.349 e. The van der Waals surface area contributed by atoms with Crippen LogP contribution in [-0.2, 0) is 11.3 Å². The summed E-state index contributed by atoms with van der Waals surface area (Å²) in [5.74, 6) is 0.952. The molecule has 0 radical (unpaired) electrons. The van der Waals surface area contributed by atoms with Crippen LogP contribution < -0.4 is 5.32 Å². The Bertz CT molecular complexity index is 1020. The first-order valence-corrected chi connectivity index (χ1v) is 11.0. The lowest BCUT2D eigenvalue weighted by atomic mass is 10.1. The van der Waals surface area contributed by atoms with Crippen LogP contribution in [0.5, 0.6) is 0 Å². The Morgan fingerprint density at radius 2 is 1.97 bits per heavy atom. The van der Waals surface area contributed by atoms with Crippen molar-refractivity contribution < 1.29 is 4.79 Å². The molecule has 2 aromatic carbocycles. The number of hydrogen-bond donors (Lipinski definition) is 1. The number of hydrogen-bond acceptors (Lipinski definition) is 4. The first-order valence-electron chi connectivity index (χ1n) is 9.27. The number of aryl methyl sites for hydroxylation is 1. The number of nitrogens with zero attached hydrogens (tertiary/aromatic N) is 3. The molecule has 0 spiro atoms. The molecule has 1 atom stereocenters. The van der Waals surface area contributed by atoms with Gasteiger partial charge < -0.3 is 9.88 Å². The third-order valence-electron chi connectivity index (χ3n) is 4.56. The lowest BCUT2D eigenvalue weighted by Crippen LogP contribution is -2.28. The molecular formula is C21H22Cl2N4OS. The van der Waals surface area contributed by atoms with Crippen LogP contribution in [0.3, 0.4) is 0 Å². The van der Waals surface area contributed by atoms with Crippen molar-refractivity contribution in [3.8, 4) is 11.4 Å². The van der Waals surface area contributed by atoms with E-state index >= 15 is 0 Å². The molecule has 8 heteroatoms. The summed E-state index contributed by atoms with van der Waals surface area (Å²) in [7, 11) is 0. The number of benzene rings is 2. The van der Waals surface area contributed by atoms with Crippen molar-refractivity contribution in [1.82, 2.24) is 20.1 Å². The maximum absolute atomic E-state index is 12.5. The first-order chi connectivity index (χ1) is 13.9. The highest BCUT2D eigenvalue weighted by atomic mass is 35.5. The number of rotatable bonds is 7. The summed E-state index contributed by atoms with van der Waals surface area (Å²) in [6, 6.07) is 13.1. The summed E-state index contributed by atoms with van der Waals surface area (Å²) in [5, 5.41) is 13.4. The Labute approximate surface area is 184 Å². The molecule has 0 saturated carbocycles. The van der Waals surface area contributed by atoms with E-state index in [1.165, 1.54) is 11.8 Å². The molecule has 0 aliphatic rings. The molecule has 0 bridgehead atoms. The predicted molar refractivity (Wildman–Crippen MR) is 120 cm³/mol. The lowest BCUT2D eigenvalue weighted by Gasteiger charge is -2.16. The first kappa shape index (κ1) is 21.7. The molecule has 1 N–H and O–H groups in total. The molecule has 5 nitrogen and oxygen atoms in total. The summed E-state index contributed by atoms with van der Waals surface area (Å²) >= 11 is 13.5. The molecule has 1 heterocycles. The highest BCUT2D eigenvalue weighted by Gasteiger charge is 2.17. The molecule has 1 aromatic heterocycles. The Morgan fingerprint density at radius 1 is 1.21 bits per heavy atom. The maximum atomic E-state index is 12.5. The molecule has 152 valence electrons. The van der Waals surface area contributed by atoms with Crippen molar-refractivity contribution in [2.45, 2.75) is 38.5 Å². The van der Waals surface area contributed by atoms with Crippen molar-refractivity contribution in [3.63, 3.8) is 0 Å². The van der Waals surface area contributed by atoms with Gasteiger partial charge in [0.1, 0.15) is 0 Å². The van der Waals surface area contributed by atoms with E-state index in [1.54, 1.807) is 12.1 Å². The van der Waals surface area contributed by atoms with Gasteiger partial charge in [-0.2, -0.15) is 0 Å². The fraction of sp³-hybridized carbons (Fsp3) is 0.286. The van der Waals surface area contributed by atoms with Crippen molar-refractivity contribution in [3.05, 3.63) is 63.6 Å². The second-order valence-corrected chi connectivity index (χ2v) is 8.40. The van der Waals surface area contributed by atoms with E-state index in [-0.39, 0.29) is 17.7 Å². The SMILES string of the molecule is CCn1c(SCC(=O)NC(C)c2ccc(Cl)cc2Cl)nnc1-c1ccccc1C. The van der Waals surface area contributed by atoms with Crippen LogP contribution in [0.25, 0.3) is 11.4 Å². The van der Waals surface area contributed by atoms with Gasteiger partial charge in [0.05, 0.1) is 11.8 Å². The molecule has 0 aliphatic carbocycles. The molecule has 3 rings (SSSR count). The van der Waals surface area contributed by atoms with Crippen molar-refractivity contribution in [1.29, 1.82) is 0 Å². The number of thioether (sulfide) groups is 1. The number of carbonyl (C=O) groups excluding carboxylic acids is 1. The summed E-state index contributed by atoms with van der Waals surface area (Å²) in [6.07, 6.45) is 0. The highest BCUT2D eigenvalue weighted by molar-refractivity contribution is 7.99. The number of amides is 1. The third-order valence-corrected chi connectivity index (χ3v) is 6.09. The summed E-state index contributed by atoms with van der Waals surface area (Å²) in [4.78, 5) is 12.5. The Kier molecular flexibility index (Phi) is 7.22. The van der Waals surface area contributed by atoms with Crippen LogP contribution in [0, 0.1) is 6.92 Å². The predicted octanol–water partition coefficient (Wildman–Crippen LogP) is 5.55. The molecule has 0 aliphatic heterocycles. The van der Waals surface area contributed by atoms with Crippen LogP contribution in [0.4, 0.5) is 0 Å². The molecular weight excluding hydrogens is 427 g/mol. The number of nitrogens with one attached hydrogen (secondary N) is 1. The van der Waals surface area contributed by atoms with Gasteiger partial charge >= 0.3 is 0 Å². The van der Waals surface area contributed by atoms with Crippen molar-refractivity contribution in [2.75, 3.05) is 5.75 Å². The summed E-state index contributed by atoms with van der Waals surface area (Å²) in [6.45, 7) is 6.70. The Balaban J connectivity index is 1.67. The zero-order valence-electron chi connectivity index (χ0n) is 16.4. The number of halogens is 2. The van der Waals surface area contributed by atoms with Crippen LogP contribution in [0.2, 0.25) is 10.0 Å². The van der Waals surface area contributed by atoms with Crippen molar-refractivity contribution >= 4 is 40.9 Å². The van der Waals surface area contributed by atoms with Gasteiger partial charge in [-0.3, -0.25) is 4.79 Å². The normalized spacial score (nSPS) is 12.0. The van der Waals surface area contributed by atoms with Crippen molar-refractivity contribution in [2.24, 2.45) is 0 Å². The van der Waals surface area contributed by atoms with Crippen LogP contribution >= 0.6 is 35.0 Å². The lowest BCUT2D eigenvalue weighted by molar-refractivity contribution is -0.119.